The van der Waals surface area contributed by atoms with Crippen molar-refractivity contribution in [2.24, 2.45) is 5.10 Å². The number of halogens is 1. The van der Waals surface area contributed by atoms with Crippen LogP contribution in [0.3, 0.4) is 0 Å². The van der Waals surface area contributed by atoms with Crippen molar-refractivity contribution < 1.29 is 0 Å². The summed E-state index contributed by atoms with van der Waals surface area (Å²) >= 11 is 6.21. The summed E-state index contributed by atoms with van der Waals surface area (Å²) in [5, 5.41) is 8.41. The lowest BCUT2D eigenvalue weighted by Crippen LogP contribution is -2.46. The van der Waals surface area contributed by atoms with Gasteiger partial charge in [0.2, 0.25) is 0 Å². The van der Waals surface area contributed by atoms with E-state index in [1.807, 2.05) is 36.4 Å². The summed E-state index contributed by atoms with van der Waals surface area (Å²) in [7, 11) is 0. The van der Waals surface area contributed by atoms with Crippen LogP contribution in [0.5, 0.6) is 0 Å². The van der Waals surface area contributed by atoms with Crippen molar-refractivity contribution >= 4 is 33.2 Å². The molecule has 128 valence electrons. The minimum Gasteiger partial charge on any atom is -0.349 e. The summed E-state index contributed by atoms with van der Waals surface area (Å²) in [6.07, 6.45) is 5.43. The van der Waals surface area contributed by atoms with Gasteiger partial charge in [-0.1, -0.05) is 60.2 Å². The average Bonchev–Trinajstić information content (AvgIpc) is 2.61. The van der Waals surface area contributed by atoms with E-state index >= 15 is 0 Å². The summed E-state index contributed by atoms with van der Waals surface area (Å²) in [6, 6.07) is 14.2. The third kappa shape index (κ3) is 3.95. The van der Waals surface area contributed by atoms with Crippen LogP contribution >= 0.6 is 11.6 Å². The molecule has 0 amide bonds. The van der Waals surface area contributed by atoms with E-state index in [0.29, 0.717) is 18.3 Å². The van der Waals surface area contributed by atoms with Crippen molar-refractivity contribution in [2.75, 3.05) is 18.5 Å². The number of nitrogens with zero attached hydrogens (tertiary/aromatic N) is 3. The smallest absolute Gasteiger partial charge is 0.156 e. The van der Waals surface area contributed by atoms with Crippen LogP contribution in [0.1, 0.15) is 0 Å². The Morgan fingerprint density at radius 3 is 2.60 bits per heavy atom. The molecule has 3 rings (SSSR count). The number of hydrazone groups is 1. The van der Waals surface area contributed by atoms with Gasteiger partial charge in [0, 0.05) is 24.6 Å². The molecule has 0 fully saturated rings. The van der Waals surface area contributed by atoms with Crippen molar-refractivity contribution in [1.29, 1.82) is 0 Å². The Morgan fingerprint density at radius 2 is 1.84 bits per heavy atom. The quantitative estimate of drug-likeness (QED) is 0.737. The molecule has 0 saturated heterocycles. The average molecular weight is 354 g/mol. The number of nitrogens with one attached hydrogen (secondary N) is 2. The lowest BCUT2D eigenvalue weighted by atomic mass is 10.1. The molecule has 25 heavy (non-hydrogen) atoms. The molecule has 0 aromatic heterocycles. The molecule has 1 heterocycles. The SMILES string of the molecule is C=CCN(CC=C)C1=CC(Cl)=NN(Nc2cccc3ccccc23)N1. The van der Waals surface area contributed by atoms with Gasteiger partial charge >= 0.3 is 0 Å². The van der Waals surface area contributed by atoms with E-state index in [1.165, 1.54) is 5.23 Å². The van der Waals surface area contributed by atoms with Gasteiger partial charge in [-0.3, -0.25) is 5.43 Å². The van der Waals surface area contributed by atoms with Crippen LogP contribution in [0.25, 0.3) is 10.8 Å². The first kappa shape index (κ1) is 16.9. The monoisotopic (exact) mass is 353 g/mol. The summed E-state index contributed by atoms with van der Waals surface area (Å²) in [5.41, 5.74) is 7.39. The Labute approximate surface area is 152 Å². The molecule has 0 bridgehead atoms. The second kappa shape index (κ2) is 7.77. The maximum absolute atomic E-state index is 6.21. The molecular weight excluding hydrogens is 334 g/mol. The van der Waals surface area contributed by atoms with Crippen LogP contribution in [0.15, 0.2) is 84.8 Å². The third-order valence-corrected chi connectivity index (χ3v) is 3.91. The number of fused-ring (bicyclic) bond motifs is 1. The lowest BCUT2D eigenvalue weighted by molar-refractivity contribution is 0.220. The Bertz CT molecular complexity index is 827. The summed E-state index contributed by atoms with van der Waals surface area (Å²) in [5.74, 6) is 0.813. The molecule has 0 atom stereocenters. The maximum atomic E-state index is 6.21. The predicted molar refractivity (Wildman–Crippen MR) is 106 cm³/mol. The van der Waals surface area contributed by atoms with Crippen LogP contribution in [-0.2, 0) is 0 Å². The van der Waals surface area contributed by atoms with Gasteiger partial charge in [0.25, 0.3) is 0 Å². The van der Waals surface area contributed by atoms with Crippen molar-refractivity contribution in [2.45, 2.75) is 0 Å². The molecule has 2 aromatic rings. The number of allylic oxidation sites excluding steroid dienone is 1. The molecule has 0 unspecified atom stereocenters. The first-order valence-corrected chi connectivity index (χ1v) is 8.33. The molecule has 6 heteroatoms. The highest BCUT2D eigenvalue weighted by molar-refractivity contribution is 6.68. The fourth-order valence-electron chi connectivity index (χ4n) is 2.64. The summed E-state index contributed by atoms with van der Waals surface area (Å²) < 4.78 is 0. The van der Waals surface area contributed by atoms with Crippen molar-refractivity contribution in [3.63, 3.8) is 0 Å². The molecule has 0 radical (unpaired) electrons. The maximum Gasteiger partial charge on any atom is 0.156 e. The molecule has 2 N–H and O–H groups in total. The van der Waals surface area contributed by atoms with E-state index in [2.05, 4.69) is 52.2 Å². The zero-order chi connectivity index (χ0) is 17.6. The van der Waals surface area contributed by atoms with Crippen LogP contribution in [0.4, 0.5) is 5.69 Å². The Morgan fingerprint density at radius 1 is 1.12 bits per heavy atom. The molecule has 2 aromatic carbocycles. The number of anilines is 1. The molecule has 1 aliphatic heterocycles. The normalized spacial score (nSPS) is 13.6. The second-order valence-electron chi connectivity index (χ2n) is 5.50. The van der Waals surface area contributed by atoms with Gasteiger partial charge in [-0.25, -0.2) is 5.43 Å². The largest absolute Gasteiger partial charge is 0.349 e. The zero-order valence-electron chi connectivity index (χ0n) is 13.8. The Hall–Kier alpha value is -2.92. The Kier molecular flexibility index (Phi) is 5.26. The van der Waals surface area contributed by atoms with Crippen molar-refractivity contribution in [3.05, 3.63) is 79.7 Å². The highest BCUT2D eigenvalue weighted by atomic mass is 35.5. The van der Waals surface area contributed by atoms with Gasteiger partial charge in [0.05, 0.1) is 5.69 Å². The molecule has 0 aliphatic carbocycles. The van der Waals surface area contributed by atoms with Gasteiger partial charge < -0.3 is 4.90 Å². The highest BCUT2D eigenvalue weighted by Crippen LogP contribution is 2.24. The minimum absolute atomic E-state index is 0.375. The number of rotatable bonds is 7. The van der Waals surface area contributed by atoms with Gasteiger partial charge in [0.1, 0.15) is 5.82 Å². The summed E-state index contributed by atoms with van der Waals surface area (Å²) in [4.78, 5) is 2.05. The van der Waals surface area contributed by atoms with Gasteiger partial charge in [0.15, 0.2) is 5.17 Å². The molecular formula is C19H20ClN5. The van der Waals surface area contributed by atoms with E-state index in [-0.39, 0.29) is 0 Å². The zero-order valence-corrected chi connectivity index (χ0v) is 14.6. The van der Waals surface area contributed by atoms with Crippen LogP contribution < -0.4 is 10.9 Å². The van der Waals surface area contributed by atoms with Crippen molar-refractivity contribution in [3.8, 4) is 0 Å². The lowest BCUT2D eigenvalue weighted by Gasteiger charge is -2.32. The summed E-state index contributed by atoms with van der Waals surface area (Å²) in [6.45, 7) is 8.92. The highest BCUT2D eigenvalue weighted by Gasteiger charge is 2.16. The fourth-order valence-corrected chi connectivity index (χ4v) is 2.82. The topological polar surface area (TPSA) is 42.9 Å². The van der Waals surface area contributed by atoms with E-state index in [9.17, 15) is 0 Å². The van der Waals surface area contributed by atoms with E-state index in [4.69, 9.17) is 11.6 Å². The molecule has 1 aliphatic rings. The second-order valence-corrected chi connectivity index (χ2v) is 5.88. The van der Waals surface area contributed by atoms with Gasteiger partial charge in [-0.15, -0.1) is 23.5 Å². The third-order valence-electron chi connectivity index (χ3n) is 3.73. The van der Waals surface area contributed by atoms with Gasteiger partial charge in [-0.05, 0) is 11.5 Å². The fraction of sp³-hybridized carbons (Fsp3) is 0.105. The number of hydrogen-bond donors (Lipinski definition) is 2. The van der Waals surface area contributed by atoms with Crippen LogP contribution in [0.2, 0.25) is 0 Å². The van der Waals surface area contributed by atoms with Gasteiger partial charge in [-0.2, -0.15) is 0 Å². The number of hydrazine groups is 2. The first-order valence-electron chi connectivity index (χ1n) is 7.95. The van der Waals surface area contributed by atoms with Crippen LogP contribution in [0, 0.1) is 0 Å². The molecule has 0 spiro atoms. The Balaban J connectivity index is 1.83. The van der Waals surface area contributed by atoms with Crippen molar-refractivity contribution in [1.82, 2.24) is 15.6 Å². The standard InChI is InChI=1S/C19H20ClN5/c1-3-12-24(13-4-2)19-14-18(20)22-25(23-19)21-17-11-7-9-15-8-5-6-10-16(15)17/h3-11,14,21,23H,1-2,12-13H2. The van der Waals surface area contributed by atoms with E-state index in [0.717, 1.165) is 22.3 Å². The first-order chi connectivity index (χ1) is 12.2. The van der Waals surface area contributed by atoms with Crippen LogP contribution in [-0.4, -0.2) is 28.4 Å². The number of benzene rings is 2. The minimum atomic E-state index is 0.375. The predicted octanol–water partition coefficient (Wildman–Crippen LogP) is 4.05. The van der Waals surface area contributed by atoms with E-state index < -0.39 is 0 Å². The number of hydrogen-bond acceptors (Lipinski definition) is 5. The van der Waals surface area contributed by atoms with E-state index in [1.54, 1.807) is 6.08 Å². The molecule has 0 saturated carbocycles. The molecule has 5 nitrogen and oxygen atoms in total.